The number of unbranched alkanes of at least 4 members (excludes halogenated alkanes) is 1. The van der Waals surface area contributed by atoms with Crippen LogP contribution in [0.5, 0.6) is 11.5 Å². The van der Waals surface area contributed by atoms with Crippen LogP contribution in [0.1, 0.15) is 31.1 Å². The average molecular weight is 353 g/mol. The second-order valence-corrected chi connectivity index (χ2v) is 8.28. The van der Waals surface area contributed by atoms with Crippen LogP contribution in [-0.4, -0.2) is 36.2 Å². The molecule has 0 aliphatic carbocycles. The molecule has 0 amide bonds. The van der Waals surface area contributed by atoms with E-state index in [1.165, 1.54) is 25.3 Å². The Morgan fingerprint density at radius 1 is 1.36 bits per heavy atom. The predicted octanol–water partition coefficient (Wildman–Crippen LogP) is 1.30. The van der Waals surface area contributed by atoms with E-state index in [1.807, 2.05) is 4.72 Å². The molecule has 4 N–H and O–H groups in total. The standard InChI is InChI=1S/C12H20NO7PS/c1-3-4-7-22(18,19)13-12(21(15,16)17)9-5-6-10(14)11(8-9)20-2/h5-6,8,12-14H,3-4,7H2,1-2H3,(H2,15,16,17). The van der Waals surface area contributed by atoms with Gasteiger partial charge >= 0.3 is 7.60 Å². The van der Waals surface area contributed by atoms with Crippen molar-refractivity contribution in [2.75, 3.05) is 12.9 Å². The first kappa shape index (κ1) is 18.9. The number of benzene rings is 1. The summed E-state index contributed by atoms with van der Waals surface area (Å²) in [6, 6.07) is 3.59. The van der Waals surface area contributed by atoms with Crippen molar-refractivity contribution in [2.24, 2.45) is 0 Å². The fourth-order valence-electron chi connectivity index (χ4n) is 1.76. The Balaban J connectivity index is 3.18. The van der Waals surface area contributed by atoms with Crippen molar-refractivity contribution in [3.05, 3.63) is 23.8 Å². The van der Waals surface area contributed by atoms with E-state index in [-0.39, 0.29) is 22.8 Å². The third kappa shape index (κ3) is 5.26. The van der Waals surface area contributed by atoms with Gasteiger partial charge in [0, 0.05) is 0 Å². The first-order valence-corrected chi connectivity index (χ1v) is 9.86. The second-order valence-electron chi connectivity index (χ2n) is 4.71. The van der Waals surface area contributed by atoms with Crippen LogP contribution in [0.15, 0.2) is 18.2 Å². The maximum Gasteiger partial charge on any atom is 0.347 e. The molecule has 1 aromatic carbocycles. The molecule has 0 saturated heterocycles. The number of methoxy groups -OCH3 is 1. The number of phenolic OH excluding ortho intramolecular Hbond substituents is 1. The normalized spacial score (nSPS) is 13.8. The van der Waals surface area contributed by atoms with Gasteiger partial charge in [-0.1, -0.05) is 19.4 Å². The van der Waals surface area contributed by atoms with Crippen LogP contribution >= 0.6 is 7.60 Å². The first-order valence-electron chi connectivity index (χ1n) is 6.53. The predicted molar refractivity (Wildman–Crippen MR) is 81.3 cm³/mol. The van der Waals surface area contributed by atoms with Gasteiger partial charge in [0.15, 0.2) is 11.5 Å². The Morgan fingerprint density at radius 2 is 2.00 bits per heavy atom. The summed E-state index contributed by atoms with van der Waals surface area (Å²) in [5.74, 6) is -2.19. The molecule has 0 fully saturated rings. The Labute approximate surface area is 129 Å². The zero-order chi connectivity index (χ0) is 17.0. The van der Waals surface area contributed by atoms with Crippen LogP contribution in [0.3, 0.4) is 0 Å². The van der Waals surface area contributed by atoms with Crippen LogP contribution in [-0.2, 0) is 14.6 Å². The topological polar surface area (TPSA) is 133 Å². The van der Waals surface area contributed by atoms with Gasteiger partial charge in [0.25, 0.3) is 0 Å². The molecule has 0 aliphatic heterocycles. The smallest absolute Gasteiger partial charge is 0.347 e. The molecule has 126 valence electrons. The first-order chi connectivity index (χ1) is 10.1. The van der Waals surface area contributed by atoms with Gasteiger partial charge in [-0.3, -0.25) is 4.57 Å². The van der Waals surface area contributed by atoms with Crippen LogP contribution in [0, 0.1) is 0 Å². The van der Waals surface area contributed by atoms with Gasteiger partial charge in [-0.15, -0.1) is 0 Å². The van der Waals surface area contributed by atoms with Gasteiger partial charge in [0.2, 0.25) is 10.0 Å². The summed E-state index contributed by atoms with van der Waals surface area (Å²) in [5.41, 5.74) is 0.00283. The summed E-state index contributed by atoms with van der Waals surface area (Å²) in [6.07, 6.45) is 1.01. The molecule has 0 aliphatic rings. The Morgan fingerprint density at radius 3 is 2.50 bits per heavy atom. The molecule has 22 heavy (non-hydrogen) atoms. The van der Waals surface area contributed by atoms with E-state index in [1.54, 1.807) is 6.92 Å². The highest BCUT2D eigenvalue weighted by molar-refractivity contribution is 7.89. The van der Waals surface area contributed by atoms with Crippen LogP contribution < -0.4 is 9.46 Å². The molecular weight excluding hydrogens is 333 g/mol. The maximum absolute atomic E-state index is 11.9. The van der Waals surface area contributed by atoms with Gasteiger partial charge < -0.3 is 19.6 Å². The van der Waals surface area contributed by atoms with Crippen LogP contribution in [0.4, 0.5) is 0 Å². The summed E-state index contributed by atoms with van der Waals surface area (Å²) >= 11 is 0. The largest absolute Gasteiger partial charge is 0.504 e. The monoisotopic (exact) mass is 353 g/mol. The van der Waals surface area contributed by atoms with Crippen molar-refractivity contribution in [3.8, 4) is 11.5 Å². The summed E-state index contributed by atoms with van der Waals surface area (Å²) in [4.78, 5) is 18.9. The highest BCUT2D eigenvalue weighted by atomic mass is 32.2. The quantitative estimate of drug-likeness (QED) is 0.518. The SMILES string of the molecule is CCCCS(=O)(=O)NC(c1ccc(O)c(OC)c1)P(=O)(O)O. The number of hydrogen-bond donors (Lipinski definition) is 4. The Hall–Kier alpha value is -1.12. The third-order valence-corrected chi connectivity index (χ3v) is 5.61. The van der Waals surface area contributed by atoms with E-state index in [4.69, 9.17) is 4.74 Å². The van der Waals surface area contributed by atoms with Gasteiger partial charge in [-0.05, 0) is 24.1 Å². The molecule has 0 spiro atoms. The average Bonchev–Trinajstić information content (AvgIpc) is 2.42. The molecule has 1 rings (SSSR count). The van der Waals surface area contributed by atoms with Gasteiger partial charge in [0.05, 0.1) is 12.9 Å². The number of rotatable bonds is 8. The highest BCUT2D eigenvalue weighted by Crippen LogP contribution is 2.51. The zero-order valence-corrected chi connectivity index (χ0v) is 14.0. The fraction of sp³-hybridized carbons (Fsp3) is 0.500. The minimum Gasteiger partial charge on any atom is -0.504 e. The molecule has 8 nitrogen and oxygen atoms in total. The van der Waals surface area contributed by atoms with Crippen molar-refractivity contribution in [3.63, 3.8) is 0 Å². The molecule has 0 aromatic heterocycles. The second kappa shape index (κ2) is 7.43. The number of ether oxygens (including phenoxy) is 1. The molecule has 1 aromatic rings. The van der Waals surface area contributed by atoms with Crippen LogP contribution in [0.2, 0.25) is 0 Å². The number of nitrogens with one attached hydrogen (secondary N) is 1. The van der Waals surface area contributed by atoms with Crippen molar-refractivity contribution in [2.45, 2.75) is 25.5 Å². The van der Waals surface area contributed by atoms with Crippen LogP contribution in [0.25, 0.3) is 0 Å². The van der Waals surface area contributed by atoms with E-state index in [2.05, 4.69) is 0 Å². The Bertz CT molecular complexity index is 655. The minimum absolute atomic E-state index is 0.00283. The number of sulfonamides is 1. The highest BCUT2D eigenvalue weighted by Gasteiger charge is 2.34. The molecular formula is C12H20NO7PS. The number of phenols is 1. The summed E-state index contributed by atoms with van der Waals surface area (Å²) in [5, 5.41) is 9.51. The molecule has 0 saturated carbocycles. The molecule has 0 bridgehead atoms. The number of aromatic hydroxyl groups is 1. The van der Waals surface area contributed by atoms with Gasteiger partial charge in [0.1, 0.15) is 5.78 Å². The zero-order valence-electron chi connectivity index (χ0n) is 12.3. The van der Waals surface area contributed by atoms with Gasteiger partial charge in [-0.25, -0.2) is 8.42 Å². The van der Waals surface area contributed by atoms with E-state index < -0.39 is 23.4 Å². The van der Waals surface area contributed by atoms with Gasteiger partial charge in [-0.2, -0.15) is 4.72 Å². The molecule has 0 heterocycles. The van der Waals surface area contributed by atoms with E-state index in [9.17, 15) is 27.9 Å². The summed E-state index contributed by atoms with van der Waals surface area (Å²) in [6.45, 7) is 1.81. The lowest BCUT2D eigenvalue weighted by atomic mass is 10.2. The number of hydrogen-bond acceptors (Lipinski definition) is 5. The lowest BCUT2D eigenvalue weighted by molar-refractivity contribution is 0.353. The van der Waals surface area contributed by atoms with E-state index in [0.29, 0.717) is 12.8 Å². The van der Waals surface area contributed by atoms with E-state index >= 15 is 0 Å². The van der Waals surface area contributed by atoms with Crippen molar-refractivity contribution >= 4 is 17.6 Å². The lowest BCUT2D eigenvalue weighted by Gasteiger charge is -2.21. The van der Waals surface area contributed by atoms with Crippen molar-refractivity contribution < 1.29 is 32.6 Å². The molecule has 1 unspecified atom stereocenters. The molecule has 10 heteroatoms. The van der Waals surface area contributed by atoms with E-state index in [0.717, 1.165) is 0 Å². The molecule has 1 atom stereocenters. The summed E-state index contributed by atoms with van der Waals surface area (Å²) in [7, 11) is -7.37. The van der Waals surface area contributed by atoms with Crippen molar-refractivity contribution in [1.82, 2.24) is 4.72 Å². The fourth-order valence-corrected chi connectivity index (χ4v) is 4.60. The summed E-state index contributed by atoms with van der Waals surface area (Å²) < 4.78 is 42.3. The lowest BCUT2D eigenvalue weighted by Crippen LogP contribution is -2.30. The maximum atomic E-state index is 11.9. The Kier molecular flexibility index (Phi) is 6.39. The third-order valence-electron chi connectivity index (χ3n) is 2.91. The molecule has 0 radical (unpaired) electrons. The minimum atomic E-state index is -4.80. The van der Waals surface area contributed by atoms with Crippen molar-refractivity contribution in [1.29, 1.82) is 0 Å².